The molecule has 0 saturated carbocycles. The van der Waals surface area contributed by atoms with E-state index in [-0.39, 0.29) is 24.5 Å². The van der Waals surface area contributed by atoms with Crippen LogP contribution < -0.4 is 10.2 Å². The number of carbonyl (C=O) groups excluding carboxylic acids is 3. The zero-order valence-electron chi connectivity index (χ0n) is 18.3. The Hall–Kier alpha value is -3.05. The minimum atomic E-state index is -0.494. The summed E-state index contributed by atoms with van der Waals surface area (Å²) < 4.78 is 11.2. The maximum Gasteiger partial charge on any atom is 0.410 e. The van der Waals surface area contributed by atoms with Crippen molar-refractivity contribution in [1.82, 2.24) is 10.2 Å². The molecule has 0 spiro atoms. The smallest absolute Gasteiger partial charge is 0.410 e. The minimum Gasteiger partial charge on any atom is -0.444 e. The molecule has 1 aromatic carbocycles. The van der Waals surface area contributed by atoms with Crippen molar-refractivity contribution in [3.05, 3.63) is 29.8 Å². The third-order valence-corrected chi connectivity index (χ3v) is 4.93. The Balaban J connectivity index is 1.45. The summed E-state index contributed by atoms with van der Waals surface area (Å²) in [5.41, 5.74) is 0.977. The van der Waals surface area contributed by atoms with Gasteiger partial charge in [-0.3, -0.25) is 15.0 Å². The average Bonchev–Trinajstić information content (AvgIpc) is 2.70. The number of benzene rings is 1. The maximum absolute atomic E-state index is 12.1. The summed E-state index contributed by atoms with van der Waals surface area (Å²) in [5, 5.41) is 2.32. The van der Waals surface area contributed by atoms with E-state index in [1.54, 1.807) is 4.90 Å². The van der Waals surface area contributed by atoms with Crippen LogP contribution in [0.15, 0.2) is 24.3 Å². The summed E-state index contributed by atoms with van der Waals surface area (Å²) in [5.74, 6) is 5.81. The molecule has 2 aliphatic rings. The van der Waals surface area contributed by atoms with Crippen LogP contribution in [0.1, 0.15) is 45.6 Å². The fourth-order valence-electron chi connectivity index (χ4n) is 3.39. The van der Waals surface area contributed by atoms with Crippen molar-refractivity contribution < 1.29 is 23.9 Å². The Morgan fingerprint density at radius 2 is 1.94 bits per heavy atom. The highest BCUT2D eigenvalue weighted by molar-refractivity contribution is 6.05. The van der Waals surface area contributed by atoms with E-state index in [0.29, 0.717) is 31.9 Å². The van der Waals surface area contributed by atoms with E-state index in [1.165, 1.54) is 4.90 Å². The molecule has 2 saturated heterocycles. The zero-order valence-corrected chi connectivity index (χ0v) is 18.3. The largest absolute Gasteiger partial charge is 0.444 e. The Bertz CT molecular complexity index is 888. The summed E-state index contributed by atoms with van der Waals surface area (Å²) in [6.45, 7) is 7.43. The number of nitrogens with zero attached hydrogens (tertiary/aromatic N) is 2. The van der Waals surface area contributed by atoms with Crippen LogP contribution >= 0.6 is 0 Å². The minimum absolute atomic E-state index is 0.0638. The molecule has 0 unspecified atom stereocenters. The van der Waals surface area contributed by atoms with E-state index in [2.05, 4.69) is 17.2 Å². The number of carbonyl (C=O) groups is 3. The lowest BCUT2D eigenvalue weighted by Gasteiger charge is -2.33. The Kier molecular flexibility index (Phi) is 7.18. The van der Waals surface area contributed by atoms with Gasteiger partial charge in [-0.15, -0.1) is 0 Å². The van der Waals surface area contributed by atoms with Gasteiger partial charge in [0.25, 0.3) is 0 Å². The highest BCUT2D eigenvalue weighted by atomic mass is 16.6. The van der Waals surface area contributed by atoms with Crippen molar-refractivity contribution >= 4 is 23.7 Å². The van der Waals surface area contributed by atoms with Crippen LogP contribution in [0.4, 0.5) is 15.3 Å². The standard InChI is InChI=1S/C23H29N3O5/c1-23(2,3)31-22(29)25-12-9-19(10-13-25)30-15-5-7-17-6-4-8-18(16-17)26-14-11-20(27)24-21(26)28/h4,6,8,16,19H,9-15H2,1-3H3,(H,24,27,28). The van der Waals surface area contributed by atoms with Crippen molar-refractivity contribution in [2.45, 2.75) is 51.7 Å². The Morgan fingerprint density at radius 1 is 1.19 bits per heavy atom. The second-order valence-electron chi connectivity index (χ2n) is 8.58. The molecule has 0 atom stereocenters. The SMILES string of the molecule is CC(C)(C)OC(=O)N1CCC(OCC#Cc2cccc(N3CCC(=O)NC3=O)c2)CC1. The molecule has 0 aromatic heterocycles. The first-order valence-electron chi connectivity index (χ1n) is 10.5. The van der Waals surface area contributed by atoms with Gasteiger partial charge < -0.3 is 14.4 Å². The van der Waals surface area contributed by atoms with E-state index < -0.39 is 11.6 Å². The number of piperidine rings is 1. The lowest BCUT2D eigenvalue weighted by molar-refractivity contribution is -0.120. The van der Waals surface area contributed by atoms with Crippen LogP contribution in [0.5, 0.6) is 0 Å². The molecule has 0 bridgehead atoms. The van der Waals surface area contributed by atoms with Gasteiger partial charge in [-0.1, -0.05) is 17.9 Å². The number of amides is 4. The van der Waals surface area contributed by atoms with Gasteiger partial charge in [0.05, 0.1) is 6.10 Å². The van der Waals surface area contributed by atoms with Crippen LogP contribution in [-0.4, -0.2) is 60.9 Å². The summed E-state index contributed by atoms with van der Waals surface area (Å²) in [6, 6.07) is 6.92. The predicted octanol–water partition coefficient (Wildman–Crippen LogP) is 2.90. The highest BCUT2D eigenvalue weighted by Crippen LogP contribution is 2.19. The molecular formula is C23H29N3O5. The monoisotopic (exact) mass is 427 g/mol. The lowest BCUT2D eigenvalue weighted by atomic mass is 10.1. The van der Waals surface area contributed by atoms with Gasteiger partial charge in [-0.2, -0.15) is 0 Å². The van der Waals surface area contributed by atoms with Crippen LogP contribution in [0, 0.1) is 11.8 Å². The molecule has 3 rings (SSSR count). The van der Waals surface area contributed by atoms with E-state index in [0.717, 1.165) is 18.4 Å². The third kappa shape index (κ3) is 6.72. The predicted molar refractivity (Wildman–Crippen MR) is 116 cm³/mol. The highest BCUT2D eigenvalue weighted by Gasteiger charge is 2.27. The first-order chi connectivity index (χ1) is 14.7. The molecule has 2 heterocycles. The molecule has 1 N–H and O–H groups in total. The van der Waals surface area contributed by atoms with Gasteiger partial charge >= 0.3 is 12.1 Å². The van der Waals surface area contributed by atoms with Gasteiger partial charge in [0.15, 0.2) is 0 Å². The molecule has 166 valence electrons. The molecule has 8 heteroatoms. The molecule has 0 aliphatic carbocycles. The number of likely N-dealkylation sites (tertiary alicyclic amines) is 1. The molecule has 2 fully saturated rings. The number of nitrogens with one attached hydrogen (secondary N) is 1. The van der Waals surface area contributed by atoms with E-state index in [1.807, 2.05) is 45.0 Å². The molecule has 31 heavy (non-hydrogen) atoms. The second-order valence-corrected chi connectivity index (χ2v) is 8.58. The lowest BCUT2D eigenvalue weighted by Crippen LogP contribution is -2.49. The molecule has 2 aliphatic heterocycles. The van der Waals surface area contributed by atoms with Crippen molar-refractivity contribution in [3.63, 3.8) is 0 Å². The number of urea groups is 1. The summed E-state index contributed by atoms with van der Waals surface area (Å²) in [4.78, 5) is 38.7. The second kappa shape index (κ2) is 9.84. The number of hydrogen-bond acceptors (Lipinski definition) is 5. The average molecular weight is 428 g/mol. The molecule has 0 radical (unpaired) electrons. The van der Waals surface area contributed by atoms with Gasteiger partial charge in [0, 0.05) is 37.3 Å². The van der Waals surface area contributed by atoms with E-state index in [9.17, 15) is 14.4 Å². The normalized spacial score (nSPS) is 17.6. The molecule has 8 nitrogen and oxygen atoms in total. The van der Waals surface area contributed by atoms with Gasteiger partial charge in [-0.05, 0) is 51.8 Å². The van der Waals surface area contributed by atoms with Crippen molar-refractivity contribution in [2.75, 3.05) is 31.1 Å². The summed E-state index contributed by atoms with van der Waals surface area (Å²) in [6.07, 6.45) is 1.56. The van der Waals surface area contributed by atoms with Crippen LogP contribution in [0.25, 0.3) is 0 Å². The van der Waals surface area contributed by atoms with Gasteiger partial charge in [0.1, 0.15) is 12.2 Å². The van der Waals surface area contributed by atoms with Crippen molar-refractivity contribution in [2.24, 2.45) is 0 Å². The topological polar surface area (TPSA) is 88.2 Å². The fraction of sp³-hybridized carbons (Fsp3) is 0.522. The summed E-state index contributed by atoms with van der Waals surface area (Å²) >= 11 is 0. The first kappa shape index (κ1) is 22.6. The molecule has 1 aromatic rings. The van der Waals surface area contributed by atoms with Crippen molar-refractivity contribution in [1.29, 1.82) is 0 Å². The third-order valence-electron chi connectivity index (χ3n) is 4.93. The maximum atomic E-state index is 12.1. The number of rotatable bonds is 3. The Labute approximate surface area is 182 Å². The van der Waals surface area contributed by atoms with Gasteiger partial charge in [-0.25, -0.2) is 9.59 Å². The Morgan fingerprint density at radius 3 is 2.61 bits per heavy atom. The van der Waals surface area contributed by atoms with Crippen molar-refractivity contribution in [3.8, 4) is 11.8 Å². The fourth-order valence-corrected chi connectivity index (χ4v) is 3.39. The first-order valence-corrected chi connectivity index (χ1v) is 10.5. The quantitative estimate of drug-likeness (QED) is 0.750. The number of anilines is 1. The van der Waals surface area contributed by atoms with Crippen LogP contribution in [0.3, 0.4) is 0 Å². The number of hydrogen-bond donors (Lipinski definition) is 1. The molecule has 4 amide bonds. The summed E-state index contributed by atoms with van der Waals surface area (Å²) in [7, 11) is 0. The van der Waals surface area contributed by atoms with Gasteiger partial charge in [0.2, 0.25) is 5.91 Å². The number of ether oxygens (including phenoxy) is 2. The van der Waals surface area contributed by atoms with E-state index in [4.69, 9.17) is 9.47 Å². The zero-order chi connectivity index (χ0) is 22.4. The number of imide groups is 1. The van der Waals surface area contributed by atoms with E-state index >= 15 is 0 Å². The van der Waals surface area contributed by atoms with Crippen LogP contribution in [0.2, 0.25) is 0 Å². The molecular weight excluding hydrogens is 398 g/mol. The van der Waals surface area contributed by atoms with Crippen LogP contribution in [-0.2, 0) is 14.3 Å².